The number of aromatic nitrogens is 2. The fourth-order valence-electron chi connectivity index (χ4n) is 3.43. The fraction of sp³-hybridized carbons (Fsp3) is 0.556. The van der Waals surface area contributed by atoms with Crippen LogP contribution < -0.4 is 5.32 Å². The molecule has 1 aliphatic rings. The lowest BCUT2D eigenvalue weighted by Crippen LogP contribution is -2.35. The second-order valence-electron chi connectivity index (χ2n) is 6.58. The molecule has 0 unspecified atom stereocenters. The SMILES string of the molecule is Cc1cc(C)c2nc(C(=O)NC3CCCCCCC3)[nH]c2c1. The molecule has 4 heteroatoms. The Kier molecular flexibility index (Phi) is 4.46. The molecule has 1 amide bonds. The standard InChI is InChI=1S/C18H25N3O/c1-12-10-13(2)16-15(11-12)20-17(21-16)18(22)19-14-8-6-4-3-5-7-9-14/h10-11,14H,3-9H2,1-2H3,(H,19,22)(H,20,21). The van der Waals surface area contributed by atoms with E-state index in [9.17, 15) is 4.79 Å². The molecular formula is C18H25N3O. The number of benzene rings is 1. The molecule has 2 aromatic rings. The molecule has 2 N–H and O–H groups in total. The molecule has 0 spiro atoms. The lowest BCUT2D eigenvalue weighted by Gasteiger charge is -2.20. The van der Waals surface area contributed by atoms with Gasteiger partial charge < -0.3 is 10.3 Å². The van der Waals surface area contributed by atoms with Crippen molar-refractivity contribution in [1.82, 2.24) is 15.3 Å². The topological polar surface area (TPSA) is 57.8 Å². The number of fused-ring (bicyclic) bond motifs is 1. The number of H-pyrrole nitrogens is 1. The second kappa shape index (κ2) is 6.51. The van der Waals surface area contributed by atoms with Crippen molar-refractivity contribution in [2.24, 2.45) is 0 Å². The Balaban J connectivity index is 1.75. The summed E-state index contributed by atoms with van der Waals surface area (Å²) in [5.74, 6) is 0.365. The maximum Gasteiger partial charge on any atom is 0.287 e. The van der Waals surface area contributed by atoms with Crippen molar-refractivity contribution in [3.8, 4) is 0 Å². The normalized spacial score (nSPS) is 17.2. The van der Waals surface area contributed by atoms with Gasteiger partial charge in [-0.2, -0.15) is 0 Å². The van der Waals surface area contributed by atoms with Gasteiger partial charge in [0.1, 0.15) is 0 Å². The maximum absolute atomic E-state index is 12.5. The first-order valence-corrected chi connectivity index (χ1v) is 8.41. The van der Waals surface area contributed by atoms with Gasteiger partial charge in [-0.25, -0.2) is 4.98 Å². The largest absolute Gasteiger partial charge is 0.347 e. The van der Waals surface area contributed by atoms with Crippen LogP contribution in [0.15, 0.2) is 12.1 Å². The van der Waals surface area contributed by atoms with Gasteiger partial charge in [-0.3, -0.25) is 4.79 Å². The summed E-state index contributed by atoms with van der Waals surface area (Å²) in [4.78, 5) is 20.1. The van der Waals surface area contributed by atoms with Crippen molar-refractivity contribution in [2.45, 2.75) is 64.8 Å². The highest BCUT2D eigenvalue weighted by atomic mass is 16.2. The molecule has 4 nitrogen and oxygen atoms in total. The molecule has 1 aliphatic carbocycles. The van der Waals surface area contributed by atoms with Crippen molar-refractivity contribution < 1.29 is 4.79 Å². The third-order valence-electron chi connectivity index (χ3n) is 4.58. The van der Waals surface area contributed by atoms with Gasteiger partial charge in [0.2, 0.25) is 0 Å². The van der Waals surface area contributed by atoms with Gasteiger partial charge in [-0.15, -0.1) is 0 Å². The Labute approximate surface area is 131 Å². The van der Waals surface area contributed by atoms with Crippen LogP contribution in [0.5, 0.6) is 0 Å². The number of aryl methyl sites for hydroxylation is 2. The fourth-order valence-corrected chi connectivity index (χ4v) is 3.43. The highest BCUT2D eigenvalue weighted by Crippen LogP contribution is 2.20. The zero-order valence-electron chi connectivity index (χ0n) is 13.5. The smallest absolute Gasteiger partial charge is 0.287 e. The van der Waals surface area contributed by atoms with Crippen molar-refractivity contribution in [1.29, 1.82) is 0 Å². The second-order valence-corrected chi connectivity index (χ2v) is 6.58. The van der Waals surface area contributed by atoms with Crippen LogP contribution in [-0.2, 0) is 0 Å². The number of carbonyl (C=O) groups excluding carboxylic acids is 1. The highest BCUT2D eigenvalue weighted by Gasteiger charge is 2.18. The van der Waals surface area contributed by atoms with E-state index in [1.54, 1.807) is 0 Å². The van der Waals surface area contributed by atoms with Crippen LogP contribution in [0.1, 0.15) is 66.7 Å². The summed E-state index contributed by atoms with van der Waals surface area (Å²) in [6.07, 6.45) is 8.51. The molecule has 1 saturated carbocycles. The summed E-state index contributed by atoms with van der Waals surface area (Å²) < 4.78 is 0. The van der Waals surface area contributed by atoms with E-state index in [1.165, 1.54) is 37.7 Å². The van der Waals surface area contributed by atoms with Gasteiger partial charge in [0.05, 0.1) is 11.0 Å². The molecule has 3 rings (SSSR count). The number of nitrogens with one attached hydrogen (secondary N) is 2. The van der Waals surface area contributed by atoms with E-state index in [2.05, 4.69) is 28.3 Å². The maximum atomic E-state index is 12.5. The third kappa shape index (κ3) is 3.32. The van der Waals surface area contributed by atoms with Gasteiger partial charge in [0.15, 0.2) is 5.82 Å². The molecule has 1 fully saturated rings. The Bertz CT molecular complexity index is 666. The summed E-state index contributed by atoms with van der Waals surface area (Å²) in [7, 11) is 0. The van der Waals surface area contributed by atoms with Gasteiger partial charge in [-0.1, -0.05) is 38.2 Å². The number of hydrogen-bond acceptors (Lipinski definition) is 2. The number of nitrogens with zero attached hydrogens (tertiary/aromatic N) is 1. The number of hydrogen-bond donors (Lipinski definition) is 2. The summed E-state index contributed by atoms with van der Waals surface area (Å²) >= 11 is 0. The van der Waals surface area contributed by atoms with E-state index < -0.39 is 0 Å². The first-order valence-electron chi connectivity index (χ1n) is 8.41. The summed E-state index contributed by atoms with van der Waals surface area (Å²) in [6, 6.07) is 4.44. The monoisotopic (exact) mass is 299 g/mol. The molecule has 1 heterocycles. The molecule has 1 aromatic heterocycles. The number of carbonyl (C=O) groups is 1. The third-order valence-corrected chi connectivity index (χ3v) is 4.58. The zero-order valence-corrected chi connectivity index (χ0v) is 13.5. The Morgan fingerprint density at radius 2 is 1.82 bits per heavy atom. The average Bonchev–Trinajstić information content (AvgIpc) is 2.85. The minimum absolute atomic E-state index is 0.0705. The van der Waals surface area contributed by atoms with Crippen LogP contribution in [0.25, 0.3) is 11.0 Å². The van der Waals surface area contributed by atoms with Crippen LogP contribution in [0, 0.1) is 13.8 Å². The molecule has 22 heavy (non-hydrogen) atoms. The minimum Gasteiger partial charge on any atom is -0.347 e. The molecule has 1 aromatic carbocycles. The lowest BCUT2D eigenvalue weighted by molar-refractivity contribution is 0.0921. The number of rotatable bonds is 2. The summed E-state index contributed by atoms with van der Waals surface area (Å²) in [5, 5.41) is 3.17. The predicted octanol–water partition coefficient (Wildman–Crippen LogP) is 4.02. The van der Waals surface area contributed by atoms with E-state index in [1.807, 2.05) is 13.0 Å². The number of amides is 1. The van der Waals surface area contributed by atoms with E-state index in [0.29, 0.717) is 11.9 Å². The van der Waals surface area contributed by atoms with Crippen LogP contribution in [0.2, 0.25) is 0 Å². The van der Waals surface area contributed by atoms with Crippen molar-refractivity contribution in [3.05, 3.63) is 29.1 Å². The highest BCUT2D eigenvalue weighted by molar-refractivity contribution is 5.95. The van der Waals surface area contributed by atoms with Crippen LogP contribution in [0.4, 0.5) is 0 Å². The lowest BCUT2D eigenvalue weighted by atomic mass is 9.97. The Hall–Kier alpha value is -1.84. The summed E-state index contributed by atoms with van der Waals surface area (Å²) in [6.45, 7) is 4.09. The van der Waals surface area contributed by atoms with Crippen LogP contribution in [0.3, 0.4) is 0 Å². The molecule has 0 bridgehead atoms. The van der Waals surface area contributed by atoms with E-state index >= 15 is 0 Å². The van der Waals surface area contributed by atoms with E-state index in [-0.39, 0.29) is 5.91 Å². The van der Waals surface area contributed by atoms with Gasteiger partial charge in [0.25, 0.3) is 5.91 Å². The number of imidazole rings is 1. The van der Waals surface area contributed by atoms with Crippen molar-refractivity contribution in [3.63, 3.8) is 0 Å². The van der Waals surface area contributed by atoms with Gasteiger partial charge >= 0.3 is 0 Å². The molecule has 0 atom stereocenters. The van der Waals surface area contributed by atoms with Crippen molar-refractivity contribution >= 4 is 16.9 Å². The van der Waals surface area contributed by atoms with Crippen molar-refractivity contribution in [2.75, 3.05) is 0 Å². The molecule has 0 saturated heterocycles. The minimum atomic E-state index is -0.0705. The molecule has 0 radical (unpaired) electrons. The first-order chi connectivity index (χ1) is 10.6. The van der Waals surface area contributed by atoms with E-state index in [0.717, 1.165) is 29.4 Å². The molecule has 118 valence electrons. The quantitative estimate of drug-likeness (QED) is 0.880. The Morgan fingerprint density at radius 3 is 2.55 bits per heavy atom. The molecule has 0 aliphatic heterocycles. The molecular weight excluding hydrogens is 274 g/mol. The first kappa shape index (κ1) is 15.1. The van der Waals surface area contributed by atoms with Gasteiger partial charge in [0, 0.05) is 6.04 Å². The van der Waals surface area contributed by atoms with Crippen LogP contribution >= 0.6 is 0 Å². The Morgan fingerprint density at radius 1 is 1.14 bits per heavy atom. The number of aromatic amines is 1. The van der Waals surface area contributed by atoms with Crippen LogP contribution in [-0.4, -0.2) is 21.9 Å². The predicted molar refractivity (Wildman–Crippen MR) is 89.1 cm³/mol. The van der Waals surface area contributed by atoms with Gasteiger partial charge in [-0.05, 0) is 43.9 Å². The summed E-state index contributed by atoms with van der Waals surface area (Å²) in [5.41, 5.74) is 4.13. The average molecular weight is 299 g/mol. The zero-order chi connectivity index (χ0) is 15.5. The van der Waals surface area contributed by atoms with E-state index in [4.69, 9.17) is 0 Å².